The van der Waals surface area contributed by atoms with E-state index in [1.807, 2.05) is 36.4 Å². The van der Waals surface area contributed by atoms with Crippen LogP contribution in [-0.4, -0.2) is 0 Å². The lowest BCUT2D eigenvalue weighted by Crippen LogP contribution is -1.97. The number of hydrogen-bond donors (Lipinski definition) is 1. The Morgan fingerprint density at radius 2 is 1.55 bits per heavy atom. The highest BCUT2D eigenvalue weighted by atomic mass is 35.5. The fourth-order valence-electron chi connectivity index (χ4n) is 2.06. The van der Waals surface area contributed by atoms with Gasteiger partial charge in [-0.25, -0.2) is 0 Å². The van der Waals surface area contributed by atoms with Gasteiger partial charge in [-0.2, -0.15) is 0 Å². The summed E-state index contributed by atoms with van der Waals surface area (Å²) >= 11 is 18.0. The van der Waals surface area contributed by atoms with Crippen molar-refractivity contribution in [2.24, 2.45) is 0 Å². The van der Waals surface area contributed by atoms with Crippen LogP contribution in [0.3, 0.4) is 0 Å². The molecule has 2 aromatic carbocycles. The quantitative estimate of drug-likeness (QED) is 0.578. The summed E-state index contributed by atoms with van der Waals surface area (Å²) in [6.07, 6.45) is 0. The molecule has 0 fully saturated rings. The van der Waals surface area contributed by atoms with Gasteiger partial charge < -0.3 is 9.73 Å². The molecule has 0 radical (unpaired) electrons. The van der Waals surface area contributed by atoms with E-state index >= 15 is 0 Å². The highest BCUT2D eigenvalue weighted by Gasteiger charge is 2.09. The minimum atomic E-state index is 0.569. The molecule has 0 unspecified atom stereocenters. The molecule has 0 aliphatic heterocycles. The Morgan fingerprint density at radius 3 is 2.32 bits per heavy atom. The van der Waals surface area contributed by atoms with Crippen molar-refractivity contribution in [1.82, 2.24) is 0 Å². The number of anilines is 1. The Balaban J connectivity index is 1.73. The Kier molecular flexibility index (Phi) is 4.63. The molecule has 1 N–H and O–H groups in total. The van der Waals surface area contributed by atoms with Crippen LogP contribution in [0.2, 0.25) is 15.1 Å². The summed E-state index contributed by atoms with van der Waals surface area (Å²) in [5.41, 5.74) is 1.76. The largest absolute Gasteiger partial charge is 0.459 e. The standard InChI is InChI=1S/C17H12Cl3NO/c18-11-1-4-13(5-2-11)21-10-14-6-8-17(22-14)15-9-12(19)3-7-16(15)20/h1-9,21H,10H2. The van der Waals surface area contributed by atoms with Crippen LogP contribution < -0.4 is 5.32 Å². The van der Waals surface area contributed by atoms with Crippen LogP contribution in [0.25, 0.3) is 11.3 Å². The number of benzene rings is 2. The van der Waals surface area contributed by atoms with Gasteiger partial charge in [0.1, 0.15) is 11.5 Å². The molecule has 0 atom stereocenters. The molecule has 3 rings (SSSR count). The average molecular weight is 353 g/mol. The minimum absolute atomic E-state index is 0.569. The van der Waals surface area contributed by atoms with Crippen molar-refractivity contribution in [3.05, 3.63) is 75.4 Å². The maximum Gasteiger partial charge on any atom is 0.135 e. The van der Waals surface area contributed by atoms with E-state index in [0.29, 0.717) is 27.4 Å². The first-order valence-corrected chi connectivity index (χ1v) is 7.79. The Labute approximate surface area is 143 Å². The Morgan fingerprint density at radius 1 is 0.818 bits per heavy atom. The summed E-state index contributed by atoms with van der Waals surface area (Å²) in [7, 11) is 0. The van der Waals surface area contributed by atoms with E-state index in [1.165, 1.54) is 0 Å². The molecule has 0 saturated heterocycles. The number of rotatable bonds is 4. The van der Waals surface area contributed by atoms with Crippen LogP contribution in [0, 0.1) is 0 Å². The van der Waals surface area contributed by atoms with E-state index in [2.05, 4.69) is 5.32 Å². The molecular formula is C17H12Cl3NO. The number of nitrogens with one attached hydrogen (secondary N) is 1. The van der Waals surface area contributed by atoms with Gasteiger partial charge in [-0.1, -0.05) is 34.8 Å². The monoisotopic (exact) mass is 351 g/mol. The lowest BCUT2D eigenvalue weighted by atomic mass is 10.2. The van der Waals surface area contributed by atoms with E-state index in [4.69, 9.17) is 39.2 Å². The molecule has 0 aliphatic carbocycles. The van der Waals surface area contributed by atoms with Crippen molar-refractivity contribution >= 4 is 40.5 Å². The third-order valence-corrected chi connectivity index (χ3v) is 3.98. The first kappa shape index (κ1) is 15.3. The van der Waals surface area contributed by atoms with Crippen LogP contribution in [0.4, 0.5) is 5.69 Å². The molecule has 2 nitrogen and oxygen atoms in total. The molecule has 3 aromatic rings. The highest BCUT2D eigenvalue weighted by molar-refractivity contribution is 6.35. The summed E-state index contributed by atoms with van der Waals surface area (Å²) in [4.78, 5) is 0. The van der Waals surface area contributed by atoms with E-state index in [-0.39, 0.29) is 0 Å². The second-order valence-electron chi connectivity index (χ2n) is 4.75. The molecular weight excluding hydrogens is 341 g/mol. The second-order valence-corrected chi connectivity index (χ2v) is 6.03. The molecule has 0 saturated carbocycles. The van der Waals surface area contributed by atoms with Gasteiger partial charge in [0.05, 0.1) is 11.6 Å². The molecule has 5 heteroatoms. The van der Waals surface area contributed by atoms with Gasteiger partial charge in [0.25, 0.3) is 0 Å². The van der Waals surface area contributed by atoms with Gasteiger partial charge in [0, 0.05) is 21.3 Å². The van der Waals surface area contributed by atoms with E-state index in [1.54, 1.807) is 18.2 Å². The predicted molar refractivity (Wildman–Crippen MR) is 92.9 cm³/mol. The molecule has 0 bridgehead atoms. The van der Waals surface area contributed by atoms with E-state index in [9.17, 15) is 0 Å². The smallest absolute Gasteiger partial charge is 0.135 e. The summed E-state index contributed by atoms with van der Waals surface area (Å²) in [6.45, 7) is 0.569. The fraction of sp³-hybridized carbons (Fsp3) is 0.0588. The van der Waals surface area contributed by atoms with Crippen LogP contribution in [0.15, 0.2) is 59.0 Å². The predicted octanol–water partition coefficient (Wildman–Crippen LogP) is 6.52. The molecule has 22 heavy (non-hydrogen) atoms. The lowest BCUT2D eigenvalue weighted by Gasteiger charge is -2.05. The topological polar surface area (TPSA) is 25.2 Å². The van der Waals surface area contributed by atoms with Crippen molar-refractivity contribution in [2.45, 2.75) is 6.54 Å². The zero-order valence-corrected chi connectivity index (χ0v) is 13.7. The summed E-state index contributed by atoms with van der Waals surface area (Å²) in [6, 6.07) is 16.6. The normalized spacial score (nSPS) is 10.7. The van der Waals surface area contributed by atoms with Crippen molar-refractivity contribution in [3.8, 4) is 11.3 Å². The zero-order valence-electron chi connectivity index (χ0n) is 11.4. The number of halogens is 3. The van der Waals surface area contributed by atoms with Crippen LogP contribution in [0.1, 0.15) is 5.76 Å². The second kappa shape index (κ2) is 6.66. The number of hydrogen-bond acceptors (Lipinski definition) is 2. The van der Waals surface area contributed by atoms with Gasteiger partial charge in [0.15, 0.2) is 0 Å². The van der Waals surface area contributed by atoms with Crippen LogP contribution in [-0.2, 0) is 6.54 Å². The molecule has 1 heterocycles. The van der Waals surface area contributed by atoms with Crippen LogP contribution >= 0.6 is 34.8 Å². The summed E-state index contributed by atoms with van der Waals surface area (Å²) in [5.74, 6) is 1.50. The molecule has 0 amide bonds. The molecule has 0 aliphatic rings. The van der Waals surface area contributed by atoms with Gasteiger partial charge >= 0.3 is 0 Å². The van der Waals surface area contributed by atoms with Crippen molar-refractivity contribution in [2.75, 3.05) is 5.32 Å². The molecule has 112 valence electrons. The fourth-order valence-corrected chi connectivity index (χ4v) is 2.57. The zero-order chi connectivity index (χ0) is 15.5. The van der Waals surface area contributed by atoms with Gasteiger partial charge in [-0.05, 0) is 54.6 Å². The van der Waals surface area contributed by atoms with Crippen LogP contribution in [0.5, 0.6) is 0 Å². The third-order valence-electron chi connectivity index (χ3n) is 3.17. The maximum atomic E-state index is 6.18. The lowest BCUT2D eigenvalue weighted by molar-refractivity contribution is 0.531. The van der Waals surface area contributed by atoms with Crippen molar-refractivity contribution in [3.63, 3.8) is 0 Å². The first-order chi connectivity index (χ1) is 10.6. The molecule has 1 aromatic heterocycles. The summed E-state index contributed by atoms with van der Waals surface area (Å²) < 4.78 is 5.82. The van der Waals surface area contributed by atoms with Gasteiger partial charge in [-0.15, -0.1) is 0 Å². The average Bonchev–Trinajstić information content (AvgIpc) is 2.98. The first-order valence-electron chi connectivity index (χ1n) is 6.65. The highest BCUT2D eigenvalue weighted by Crippen LogP contribution is 2.32. The van der Waals surface area contributed by atoms with Crippen molar-refractivity contribution < 1.29 is 4.42 Å². The Bertz CT molecular complexity index is 781. The SMILES string of the molecule is Clc1ccc(NCc2ccc(-c3cc(Cl)ccc3Cl)o2)cc1. The molecule has 0 spiro atoms. The minimum Gasteiger partial charge on any atom is -0.459 e. The Hall–Kier alpha value is -1.61. The van der Waals surface area contributed by atoms with E-state index in [0.717, 1.165) is 17.0 Å². The maximum absolute atomic E-state index is 6.18. The van der Waals surface area contributed by atoms with Gasteiger partial charge in [-0.3, -0.25) is 0 Å². The number of furan rings is 1. The third kappa shape index (κ3) is 3.58. The van der Waals surface area contributed by atoms with Gasteiger partial charge in [0.2, 0.25) is 0 Å². The summed E-state index contributed by atoms with van der Waals surface area (Å²) in [5, 5.41) is 5.21. The van der Waals surface area contributed by atoms with E-state index < -0.39 is 0 Å². The van der Waals surface area contributed by atoms with Crippen molar-refractivity contribution in [1.29, 1.82) is 0 Å².